The van der Waals surface area contributed by atoms with Gasteiger partial charge < -0.3 is 10.2 Å². The minimum absolute atomic E-state index is 0.0631. The molecule has 1 unspecified atom stereocenters. The molecule has 2 aromatic rings. The molecule has 0 spiro atoms. The van der Waals surface area contributed by atoms with Gasteiger partial charge in [-0.3, -0.25) is 9.69 Å². The van der Waals surface area contributed by atoms with E-state index in [9.17, 15) is 9.59 Å². The predicted octanol–water partition coefficient (Wildman–Crippen LogP) is 0.628. The van der Waals surface area contributed by atoms with Gasteiger partial charge in [0.05, 0.1) is 25.7 Å². The topological polar surface area (TPSA) is 96.2 Å². The molecule has 0 saturated carbocycles. The van der Waals surface area contributed by atoms with Crippen LogP contribution in [0.15, 0.2) is 16.8 Å². The fourth-order valence-corrected chi connectivity index (χ4v) is 3.95. The van der Waals surface area contributed by atoms with Crippen molar-refractivity contribution in [1.82, 2.24) is 30.4 Å². The van der Waals surface area contributed by atoms with Gasteiger partial charge in [0, 0.05) is 6.54 Å². The van der Waals surface area contributed by atoms with Crippen LogP contribution < -0.4 is 10.2 Å². The van der Waals surface area contributed by atoms with E-state index in [-0.39, 0.29) is 31.1 Å². The summed E-state index contributed by atoms with van der Waals surface area (Å²) < 4.78 is 1.67. The van der Waals surface area contributed by atoms with Crippen molar-refractivity contribution in [2.24, 2.45) is 0 Å². The zero-order valence-corrected chi connectivity index (χ0v) is 13.8. The lowest BCUT2D eigenvalue weighted by atomic mass is 10.1. The Morgan fingerprint density at radius 1 is 1.33 bits per heavy atom. The predicted molar refractivity (Wildman–Crippen MR) is 86.6 cm³/mol. The Bertz CT molecular complexity index is 728. The molecule has 2 fully saturated rings. The first kappa shape index (κ1) is 15.1. The van der Waals surface area contributed by atoms with E-state index in [0.29, 0.717) is 12.5 Å². The first-order valence-electron chi connectivity index (χ1n) is 7.87. The van der Waals surface area contributed by atoms with Crippen molar-refractivity contribution in [2.75, 3.05) is 24.5 Å². The number of urea groups is 1. The van der Waals surface area contributed by atoms with Crippen LogP contribution in [0.2, 0.25) is 0 Å². The number of tetrazole rings is 1. The molecule has 10 heteroatoms. The van der Waals surface area contributed by atoms with Crippen molar-refractivity contribution < 1.29 is 9.59 Å². The van der Waals surface area contributed by atoms with Gasteiger partial charge in [-0.05, 0) is 45.7 Å². The molecule has 4 heterocycles. The minimum atomic E-state index is -0.355. The molecular formula is C14H17N7O2S. The number of nitrogens with one attached hydrogen (secondary N) is 1. The number of carbonyl (C=O) groups excluding carboxylic acids is 2. The highest BCUT2D eigenvalue weighted by molar-refractivity contribution is 7.08. The molecule has 0 aromatic carbocycles. The standard InChI is InChI=1S/C14H17N7O2S/c22-12-8-15-14(23)20(12)5-6-21-13(16-17-18-21)19-4-1-2-11(19)10-3-7-24-9-10/h3,7,9,11H,1-2,4-6,8H2,(H,15,23). The Morgan fingerprint density at radius 2 is 2.25 bits per heavy atom. The number of hydrogen-bond donors (Lipinski definition) is 1. The maximum Gasteiger partial charge on any atom is 0.324 e. The maximum atomic E-state index is 11.7. The number of anilines is 1. The van der Waals surface area contributed by atoms with Crippen molar-refractivity contribution in [2.45, 2.75) is 25.4 Å². The summed E-state index contributed by atoms with van der Waals surface area (Å²) in [6.07, 6.45) is 2.15. The number of rotatable bonds is 5. The first-order chi connectivity index (χ1) is 11.7. The Hall–Kier alpha value is -2.49. The number of imide groups is 1. The molecule has 0 radical (unpaired) electrons. The molecule has 4 rings (SSSR count). The van der Waals surface area contributed by atoms with Crippen LogP contribution in [0, 0.1) is 0 Å². The Labute approximate surface area is 142 Å². The van der Waals surface area contributed by atoms with Crippen LogP contribution in [-0.4, -0.2) is 56.7 Å². The molecule has 1 N–H and O–H groups in total. The van der Waals surface area contributed by atoms with E-state index in [1.807, 2.05) is 0 Å². The molecule has 2 aliphatic rings. The van der Waals surface area contributed by atoms with Crippen molar-refractivity contribution >= 4 is 29.2 Å². The third-order valence-electron chi connectivity index (χ3n) is 4.42. The third kappa shape index (κ3) is 2.62. The van der Waals surface area contributed by atoms with E-state index in [4.69, 9.17) is 0 Å². The minimum Gasteiger partial charge on any atom is -0.333 e. The van der Waals surface area contributed by atoms with Crippen LogP contribution in [0.4, 0.5) is 10.7 Å². The molecule has 0 aliphatic carbocycles. The number of carbonyl (C=O) groups is 2. The van der Waals surface area contributed by atoms with E-state index in [2.05, 4.69) is 42.6 Å². The molecule has 0 bridgehead atoms. The lowest BCUT2D eigenvalue weighted by molar-refractivity contribution is -0.125. The molecule has 3 amide bonds. The Morgan fingerprint density at radius 3 is 3.00 bits per heavy atom. The van der Waals surface area contributed by atoms with Gasteiger partial charge in [-0.25, -0.2) is 9.48 Å². The molecular weight excluding hydrogens is 330 g/mol. The third-order valence-corrected chi connectivity index (χ3v) is 5.12. The first-order valence-corrected chi connectivity index (χ1v) is 8.81. The van der Waals surface area contributed by atoms with Gasteiger partial charge in [0.25, 0.3) is 0 Å². The van der Waals surface area contributed by atoms with Gasteiger partial charge in [0.2, 0.25) is 11.9 Å². The normalized spacial score (nSPS) is 20.9. The molecule has 24 heavy (non-hydrogen) atoms. The number of nitrogens with zero attached hydrogens (tertiary/aromatic N) is 6. The Balaban J connectivity index is 1.50. The monoisotopic (exact) mass is 347 g/mol. The highest BCUT2D eigenvalue weighted by atomic mass is 32.1. The van der Waals surface area contributed by atoms with Crippen LogP contribution in [0.5, 0.6) is 0 Å². The van der Waals surface area contributed by atoms with Crippen molar-refractivity contribution in [3.8, 4) is 0 Å². The van der Waals surface area contributed by atoms with Crippen molar-refractivity contribution in [1.29, 1.82) is 0 Å². The molecule has 1 atom stereocenters. The van der Waals surface area contributed by atoms with Gasteiger partial charge in [0.1, 0.15) is 0 Å². The van der Waals surface area contributed by atoms with E-state index >= 15 is 0 Å². The van der Waals surface area contributed by atoms with Crippen LogP contribution in [-0.2, 0) is 11.3 Å². The van der Waals surface area contributed by atoms with E-state index in [1.165, 1.54) is 10.5 Å². The summed E-state index contributed by atoms with van der Waals surface area (Å²) in [6, 6.07) is 2.05. The smallest absolute Gasteiger partial charge is 0.324 e. The summed E-state index contributed by atoms with van der Waals surface area (Å²) in [7, 11) is 0. The maximum absolute atomic E-state index is 11.7. The lowest BCUT2D eigenvalue weighted by Crippen LogP contribution is -2.35. The van der Waals surface area contributed by atoms with E-state index < -0.39 is 0 Å². The zero-order valence-electron chi connectivity index (χ0n) is 13.0. The summed E-state index contributed by atoms with van der Waals surface area (Å²) in [6.45, 7) is 1.60. The van der Waals surface area contributed by atoms with Gasteiger partial charge in [0.15, 0.2) is 0 Å². The number of hydrogen-bond acceptors (Lipinski definition) is 7. The fraction of sp³-hybridized carbons (Fsp3) is 0.500. The summed E-state index contributed by atoms with van der Waals surface area (Å²) >= 11 is 1.68. The number of amides is 3. The van der Waals surface area contributed by atoms with Gasteiger partial charge in [-0.2, -0.15) is 11.3 Å². The molecule has 9 nitrogen and oxygen atoms in total. The Kier molecular flexibility index (Phi) is 3.89. The number of thiophene rings is 1. The molecule has 126 valence electrons. The zero-order chi connectivity index (χ0) is 16.5. The van der Waals surface area contributed by atoms with E-state index in [0.717, 1.165) is 19.4 Å². The molecule has 2 aliphatic heterocycles. The fourth-order valence-electron chi connectivity index (χ4n) is 3.24. The van der Waals surface area contributed by atoms with Gasteiger partial charge in [-0.15, -0.1) is 0 Å². The van der Waals surface area contributed by atoms with Crippen molar-refractivity contribution in [3.63, 3.8) is 0 Å². The highest BCUT2D eigenvalue weighted by Crippen LogP contribution is 2.35. The second-order valence-electron chi connectivity index (χ2n) is 5.81. The van der Waals surface area contributed by atoms with Crippen LogP contribution >= 0.6 is 11.3 Å². The number of aromatic nitrogens is 4. The van der Waals surface area contributed by atoms with Crippen molar-refractivity contribution in [3.05, 3.63) is 22.4 Å². The van der Waals surface area contributed by atoms with E-state index in [1.54, 1.807) is 16.0 Å². The largest absolute Gasteiger partial charge is 0.333 e. The SMILES string of the molecule is O=C1CNC(=O)N1CCn1nnnc1N1CCCC1c1ccsc1. The summed E-state index contributed by atoms with van der Waals surface area (Å²) in [5, 5.41) is 18.7. The van der Waals surface area contributed by atoms with Gasteiger partial charge >= 0.3 is 6.03 Å². The van der Waals surface area contributed by atoms with Gasteiger partial charge in [-0.1, -0.05) is 5.10 Å². The second-order valence-corrected chi connectivity index (χ2v) is 6.59. The molecule has 2 aromatic heterocycles. The summed E-state index contributed by atoms with van der Waals surface area (Å²) in [4.78, 5) is 26.7. The van der Waals surface area contributed by atoms with Crippen LogP contribution in [0.3, 0.4) is 0 Å². The average Bonchev–Trinajstić information content (AvgIpc) is 3.33. The molecule has 2 saturated heterocycles. The summed E-state index contributed by atoms with van der Waals surface area (Å²) in [5.41, 5.74) is 1.28. The van der Waals surface area contributed by atoms with Crippen LogP contribution in [0.1, 0.15) is 24.4 Å². The summed E-state index contributed by atoms with van der Waals surface area (Å²) in [5.74, 6) is 0.475. The van der Waals surface area contributed by atoms with Crippen LogP contribution in [0.25, 0.3) is 0 Å². The highest BCUT2D eigenvalue weighted by Gasteiger charge is 2.32. The quantitative estimate of drug-likeness (QED) is 0.797. The second kappa shape index (κ2) is 6.19. The average molecular weight is 347 g/mol. The lowest BCUT2D eigenvalue weighted by Gasteiger charge is -2.24.